The molecule has 0 aliphatic heterocycles. The summed E-state index contributed by atoms with van der Waals surface area (Å²) in [7, 11) is 0. The second kappa shape index (κ2) is 12.0. The highest BCUT2D eigenvalue weighted by atomic mass is 15.0. The molecule has 0 unspecified atom stereocenters. The molecule has 10 aromatic carbocycles. The molecule has 12 rings (SSSR count). The number of hydrogen-bond acceptors (Lipinski definition) is 4. The number of nitrogens with zero attached hydrogens (tertiary/aromatic N) is 4. The predicted molar refractivity (Wildman–Crippen MR) is 233 cm³/mol. The molecule has 0 N–H and O–H groups in total. The summed E-state index contributed by atoms with van der Waals surface area (Å²) in [5, 5.41) is 16.0. The summed E-state index contributed by atoms with van der Waals surface area (Å²) in [6, 6.07) is 62.7. The molecule has 258 valence electrons. The van der Waals surface area contributed by atoms with Crippen LogP contribution in [0, 0.1) is 0 Å². The molecule has 0 amide bonds. The molecule has 0 fully saturated rings. The number of hydrogen-bond donors (Lipinski definition) is 0. The van der Waals surface area contributed by atoms with Crippen LogP contribution in [0.25, 0.3) is 121 Å². The van der Waals surface area contributed by atoms with Gasteiger partial charge < -0.3 is 0 Å². The summed E-state index contributed by atoms with van der Waals surface area (Å²) in [6.07, 6.45) is 1.94. The monoisotopic (exact) mass is 710 g/mol. The molecule has 0 atom stereocenters. The number of pyridine rings is 1. The Kier molecular flexibility index (Phi) is 6.60. The number of benzene rings is 9. The highest BCUT2D eigenvalue weighted by molar-refractivity contribution is 6.37. The number of para-hydroxylation sites is 1. The molecule has 0 saturated heterocycles. The van der Waals surface area contributed by atoms with Crippen LogP contribution >= 0.6 is 0 Å². The predicted octanol–water partition coefficient (Wildman–Crippen LogP) is 13.4. The Morgan fingerprint density at radius 1 is 0.268 bits per heavy atom. The van der Waals surface area contributed by atoms with Gasteiger partial charge in [0.05, 0.1) is 5.52 Å². The van der Waals surface area contributed by atoms with Crippen molar-refractivity contribution in [1.29, 1.82) is 0 Å². The summed E-state index contributed by atoms with van der Waals surface area (Å²) in [4.78, 5) is 20.2. The maximum absolute atomic E-state index is 5.23. The molecule has 0 radical (unpaired) electrons. The molecule has 2 aromatic heterocycles. The first-order valence-corrected chi connectivity index (χ1v) is 19.0. The van der Waals surface area contributed by atoms with Crippen LogP contribution in [-0.2, 0) is 0 Å². The molecule has 12 aromatic rings. The van der Waals surface area contributed by atoms with Crippen LogP contribution in [-0.4, -0.2) is 19.9 Å². The van der Waals surface area contributed by atoms with Gasteiger partial charge in [-0.3, -0.25) is 4.98 Å². The van der Waals surface area contributed by atoms with Crippen molar-refractivity contribution in [3.8, 4) is 45.3 Å². The summed E-state index contributed by atoms with van der Waals surface area (Å²) in [5.41, 5.74) is 5.94. The molecule has 4 heteroatoms. The minimum Gasteiger partial charge on any atom is -0.256 e. The molecule has 56 heavy (non-hydrogen) atoms. The quantitative estimate of drug-likeness (QED) is 0.171. The van der Waals surface area contributed by atoms with Crippen LogP contribution in [0.2, 0.25) is 0 Å². The van der Waals surface area contributed by atoms with E-state index in [0.29, 0.717) is 17.5 Å². The fourth-order valence-corrected chi connectivity index (χ4v) is 8.80. The van der Waals surface area contributed by atoms with Crippen molar-refractivity contribution in [2.24, 2.45) is 0 Å². The lowest BCUT2D eigenvalue weighted by Crippen LogP contribution is -2.00. The van der Waals surface area contributed by atoms with Crippen LogP contribution in [0.5, 0.6) is 0 Å². The van der Waals surface area contributed by atoms with E-state index in [-0.39, 0.29) is 0 Å². The standard InChI is InChI=1S/C52H30N4/c1-2-9-35(10-3-1)50-54-51(36-24-19-31(20-25-36)40-27-37-11-4-5-18-45(37)53-30-40)56-52(55-50)39-28-38-26-23-34-13-7-16-42-41-15-6-12-32-21-22-33-14-8-17-43(48(33)46(32)41)44(29-39)49(38)47(34)42/h1-30H. The molecule has 0 aliphatic rings. The first-order chi connectivity index (χ1) is 27.7. The van der Waals surface area contributed by atoms with Gasteiger partial charge >= 0.3 is 0 Å². The van der Waals surface area contributed by atoms with Gasteiger partial charge in [-0.2, -0.15) is 0 Å². The lowest BCUT2D eigenvalue weighted by molar-refractivity contribution is 1.07. The second-order valence-corrected chi connectivity index (χ2v) is 14.6. The molecular formula is C52H30N4. The van der Waals surface area contributed by atoms with Gasteiger partial charge in [0.25, 0.3) is 0 Å². The van der Waals surface area contributed by atoms with Crippen LogP contribution in [0.15, 0.2) is 182 Å². The van der Waals surface area contributed by atoms with Crippen molar-refractivity contribution in [2.45, 2.75) is 0 Å². The van der Waals surface area contributed by atoms with Gasteiger partial charge in [0, 0.05) is 33.8 Å². The van der Waals surface area contributed by atoms with Gasteiger partial charge in [0.1, 0.15) is 0 Å². The largest absolute Gasteiger partial charge is 0.256 e. The third-order valence-corrected chi connectivity index (χ3v) is 11.4. The van der Waals surface area contributed by atoms with Gasteiger partial charge in [-0.15, -0.1) is 0 Å². The van der Waals surface area contributed by atoms with Gasteiger partial charge in [-0.1, -0.05) is 152 Å². The smallest absolute Gasteiger partial charge is 0.164 e. The Labute approximate surface area is 321 Å². The van der Waals surface area contributed by atoms with Crippen LogP contribution in [0.1, 0.15) is 0 Å². The Bertz CT molecular complexity index is 3510. The summed E-state index contributed by atoms with van der Waals surface area (Å²) >= 11 is 0. The van der Waals surface area contributed by atoms with E-state index in [2.05, 4.69) is 140 Å². The third-order valence-electron chi connectivity index (χ3n) is 11.4. The number of fused-ring (bicyclic) bond motifs is 3. The first-order valence-electron chi connectivity index (χ1n) is 19.0. The van der Waals surface area contributed by atoms with Gasteiger partial charge in [0.15, 0.2) is 17.5 Å². The van der Waals surface area contributed by atoms with Gasteiger partial charge in [-0.25, -0.2) is 15.0 Å². The fraction of sp³-hybridized carbons (Fsp3) is 0. The topological polar surface area (TPSA) is 51.6 Å². The third kappa shape index (κ3) is 4.73. The first kappa shape index (κ1) is 30.9. The fourth-order valence-electron chi connectivity index (χ4n) is 8.80. The average Bonchev–Trinajstić information content (AvgIpc) is 3.27. The van der Waals surface area contributed by atoms with Crippen molar-refractivity contribution in [3.63, 3.8) is 0 Å². The van der Waals surface area contributed by atoms with E-state index in [0.717, 1.165) is 44.1 Å². The summed E-state index contributed by atoms with van der Waals surface area (Å²) in [6.45, 7) is 0. The second-order valence-electron chi connectivity index (χ2n) is 14.6. The molecule has 0 spiro atoms. The van der Waals surface area contributed by atoms with Crippen molar-refractivity contribution >= 4 is 75.5 Å². The van der Waals surface area contributed by atoms with E-state index in [1.807, 2.05) is 42.6 Å². The van der Waals surface area contributed by atoms with Crippen LogP contribution in [0.3, 0.4) is 0 Å². The number of aromatic nitrogens is 4. The zero-order valence-corrected chi connectivity index (χ0v) is 30.1. The highest BCUT2D eigenvalue weighted by Gasteiger charge is 2.18. The molecule has 0 saturated carbocycles. The Balaban J connectivity index is 1.12. The minimum absolute atomic E-state index is 0.626. The molecule has 2 heterocycles. The van der Waals surface area contributed by atoms with Gasteiger partial charge in [0.2, 0.25) is 0 Å². The van der Waals surface area contributed by atoms with E-state index in [9.17, 15) is 0 Å². The zero-order chi connectivity index (χ0) is 36.7. The maximum atomic E-state index is 5.23. The zero-order valence-electron chi connectivity index (χ0n) is 30.1. The Morgan fingerprint density at radius 2 is 0.732 bits per heavy atom. The van der Waals surface area contributed by atoms with Crippen molar-refractivity contribution in [3.05, 3.63) is 182 Å². The van der Waals surface area contributed by atoms with E-state index in [4.69, 9.17) is 19.9 Å². The molecule has 0 bridgehead atoms. The van der Waals surface area contributed by atoms with Crippen LogP contribution in [0.4, 0.5) is 0 Å². The minimum atomic E-state index is 0.626. The lowest BCUT2D eigenvalue weighted by atomic mass is 9.87. The Morgan fingerprint density at radius 3 is 1.38 bits per heavy atom. The van der Waals surface area contributed by atoms with Crippen molar-refractivity contribution in [2.75, 3.05) is 0 Å². The number of rotatable bonds is 4. The summed E-state index contributed by atoms with van der Waals surface area (Å²) < 4.78 is 0. The van der Waals surface area contributed by atoms with Gasteiger partial charge in [-0.05, 0) is 94.5 Å². The van der Waals surface area contributed by atoms with E-state index in [1.54, 1.807) is 0 Å². The van der Waals surface area contributed by atoms with E-state index < -0.39 is 0 Å². The van der Waals surface area contributed by atoms with Crippen molar-refractivity contribution < 1.29 is 0 Å². The van der Waals surface area contributed by atoms with Crippen LogP contribution < -0.4 is 0 Å². The molecular weight excluding hydrogens is 681 g/mol. The SMILES string of the molecule is c1ccc(-c2nc(-c3ccc(-c4cnc5ccccc5c4)cc3)nc(-c3cc4ccc5cccc6c7cccc8ccc9cccc(c(c3)c4c56)c9c87)n2)cc1. The summed E-state index contributed by atoms with van der Waals surface area (Å²) in [5.74, 6) is 1.90. The highest BCUT2D eigenvalue weighted by Crippen LogP contribution is 2.44. The van der Waals surface area contributed by atoms with Crippen molar-refractivity contribution in [1.82, 2.24) is 19.9 Å². The molecule has 4 nitrogen and oxygen atoms in total. The normalized spacial score (nSPS) is 11.9. The lowest BCUT2D eigenvalue weighted by Gasteiger charge is -2.17. The average molecular weight is 711 g/mol. The Hall–Kier alpha value is -7.56. The maximum Gasteiger partial charge on any atom is 0.164 e. The van der Waals surface area contributed by atoms with E-state index in [1.165, 1.54) is 59.2 Å². The molecule has 0 aliphatic carbocycles. The van der Waals surface area contributed by atoms with E-state index >= 15 is 0 Å².